The SMILES string of the molecule is NC1(N)c2nc[nH]c2N=C2C(=Cc3ccccc3Br)CCN21. The van der Waals surface area contributed by atoms with E-state index in [-0.39, 0.29) is 0 Å². The zero-order chi connectivity index (χ0) is 15.3. The van der Waals surface area contributed by atoms with Crippen molar-refractivity contribution in [3.63, 3.8) is 0 Å². The number of halogens is 1. The summed E-state index contributed by atoms with van der Waals surface area (Å²) in [6.07, 6.45) is 4.55. The lowest BCUT2D eigenvalue weighted by Crippen LogP contribution is -2.62. The molecule has 3 heterocycles. The van der Waals surface area contributed by atoms with Gasteiger partial charge in [-0.2, -0.15) is 0 Å². The number of hydrogen-bond donors (Lipinski definition) is 3. The summed E-state index contributed by atoms with van der Waals surface area (Å²) in [4.78, 5) is 13.8. The van der Waals surface area contributed by atoms with Crippen molar-refractivity contribution in [3.8, 4) is 0 Å². The van der Waals surface area contributed by atoms with Crippen LogP contribution in [0.3, 0.4) is 0 Å². The van der Waals surface area contributed by atoms with Crippen LogP contribution in [0, 0.1) is 0 Å². The molecule has 0 aliphatic carbocycles. The van der Waals surface area contributed by atoms with Gasteiger partial charge in [-0.05, 0) is 29.7 Å². The van der Waals surface area contributed by atoms with Gasteiger partial charge in [-0.15, -0.1) is 0 Å². The fourth-order valence-electron chi connectivity index (χ4n) is 2.93. The first-order valence-electron chi connectivity index (χ1n) is 7.01. The van der Waals surface area contributed by atoms with Crippen molar-refractivity contribution in [1.82, 2.24) is 14.9 Å². The summed E-state index contributed by atoms with van der Waals surface area (Å²) in [5.41, 5.74) is 15.4. The van der Waals surface area contributed by atoms with Crippen LogP contribution in [0.2, 0.25) is 0 Å². The lowest BCUT2D eigenvalue weighted by atomic mass is 10.1. The number of benzene rings is 1. The van der Waals surface area contributed by atoms with Gasteiger partial charge in [0.25, 0.3) is 0 Å². The molecule has 5 N–H and O–H groups in total. The van der Waals surface area contributed by atoms with E-state index >= 15 is 0 Å². The number of aliphatic imine (C=N–C) groups is 1. The molecule has 0 spiro atoms. The average Bonchev–Trinajstić information content (AvgIpc) is 3.10. The fourth-order valence-corrected chi connectivity index (χ4v) is 3.33. The Morgan fingerprint density at radius 2 is 2.14 bits per heavy atom. The quantitative estimate of drug-likeness (QED) is 0.679. The molecule has 7 heteroatoms. The van der Waals surface area contributed by atoms with E-state index in [1.54, 1.807) is 6.33 Å². The number of nitrogens with one attached hydrogen (secondary N) is 1. The van der Waals surface area contributed by atoms with Crippen LogP contribution in [0.4, 0.5) is 5.82 Å². The summed E-state index contributed by atoms with van der Waals surface area (Å²) < 4.78 is 1.05. The number of hydrogen-bond acceptors (Lipinski definition) is 5. The van der Waals surface area contributed by atoms with E-state index in [9.17, 15) is 0 Å². The van der Waals surface area contributed by atoms with Gasteiger partial charge in [-0.3, -0.25) is 11.5 Å². The van der Waals surface area contributed by atoms with Gasteiger partial charge in [0.05, 0.1) is 6.33 Å². The number of aromatic nitrogens is 2. The second kappa shape index (κ2) is 4.77. The Labute approximate surface area is 136 Å². The van der Waals surface area contributed by atoms with E-state index in [1.165, 1.54) is 0 Å². The van der Waals surface area contributed by atoms with Crippen LogP contribution in [0.25, 0.3) is 6.08 Å². The molecule has 0 amide bonds. The Morgan fingerprint density at radius 3 is 2.95 bits per heavy atom. The largest absolute Gasteiger partial charge is 0.329 e. The standard InChI is InChI=1S/C15H15BrN6/c16-11-4-2-1-3-9(11)7-10-5-6-22-14(10)21-13-12(15(22,17)18)19-8-20-13/h1-4,7-8H,5-6,17-18H2,(H,19,20). The fraction of sp³-hybridized carbons (Fsp3) is 0.200. The van der Waals surface area contributed by atoms with Crippen LogP contribution in [-0.2, 0) is 5.79 Å². The molecule has 112 valence electrons. The summed E-state index contributed by atoms with van der Waals surface area (Å²) in [7, 11) is 0. The maximum Gasteiger partial charge on any atom is 0.190 e. The number of fused-ring (bicyclic) bond motifs is 2. The summed E-state index contributed by atoms with van der Waals surface area (Å²) >= 11 is 3.57. The summed E-state index contributed by atoms with van der Waals surface area (Å²) in [5, 5.41) is 0. The van der Waals surface area contributed by atoms with Crippen LogP contribution in [0.5, 0.6) is 0 Å². The second-order valence-electron chi connectivity index (χ2n) is 5.45. The molecule has 0 radical (unpaired) electrons. The smallest absolute Gasteiger partial charge is 0.190 e. The highest BCUT2D eigenvalue weighted by Gasteiger charge is 2.44. The molecule has 2 aliphatic rings. The number of nitrogens with two attached hydrogens (primary N) is 2. The molecular formula is C15H15BrN6. The number of nitrogens with zero attached hydrogens (tertiary/aromatic N) is 3. The summed E-state index contributed by atoms with van der Waals surface area (Å²) in [6.45, 7) is 0.731. The Hall–Kier alpha value is -1.96. The third kappa shape index (κ3) is 1.93. The molecule has 1 fully saturated rings. The maximum atomic E-state index is 6.31. The molecule has 1 aromatic carbocycles. The highest BCUT2D eigenvalue weighted by molar-refractivity contribution is 9.10. The van der Waals surface area contributed by atoms with Gasteiger partial charge in [0.15, 0.2) is 11.6 Å². The van der Waals surface area contributed by atoms with Crippen LogP contribution in [-0.4, -0.2) is 27.2 Å². The lowest BCUT2D eigenvalue weighted by molar-refractivity contribution is 0.192. The third-order valence-corrected chi connectivity index (χ3v) is 4.77. The zero-order valence-corrected chi connectivity index (χ0v) is 13.3. The van der Waals surface area contributed by atoms with E-state index in [2.05, 4.69) is 43.0 Å². The van der Waals surface area contributed by atoms with Gasteiger partial charge in [-0.1, -0.05) is 34.1 Å². The van der Waals surface area contributed by atoms with Crippen LogP contribution in [0.15, 0.2) is 45.6 Å². The van der Waals surface area contributed by atoms with Crippen LogP contribution >= 0.6 is 15.9 Å². The first-order valence-corrected chi connectivity index (χ1v) is 7.80. The van der Waals surface area contributed by atoms with E-state index in [1.807, 2.05) is 23.1 Å². The van der Waals surface area contributed by atoms with Gasteiger partial charge in [-0.25, -0.2) is 9.98 Å². The van der Waals surface area contributed by atoms with Gasteiger partial charge < -0.3 is 9.88 Å². The Morgan fingerprint density at radius 1 is 1.32 bits per heavy atom. The zero-order valence-electron chi connectivity index (χ0n) is 11.8. The molecule has 0 saturated carbocycles. The normalized spacial score (nSPS) is 20.8. The number of aromatic amines is 1. The molecule has 1 aromatic heterocycles. The van der Waals surface area contributed by atoms with Crippen molar-refractivity contribution in [3.05, 3.63) is 51.9 Å². The van der Waals surface area contributed by atoms with Crippen LogP contribution < -0.4 is 11.5 Å². The molecular weight excluding hydrogens is 344 g/mol. The molecule has 6 nitrogen and oxygen atoms in total. The van der Waals surface area contributed by atoms with E-state index in [4.69, 9.17) is 11.5 Å². The molecule has 0 atom stereocenters. The van der Waals surface area contributed by atoms with Gasteiger partial charge in [0.2, 0.25) is 0 Å². The predicted molar refractivity (Wildman–Crippen MR) is 89.2 cm³/mol. The van der Waals surface area contributed by atoms with Crippen LogP contribution in [0.1, 0.15) is 17.7 Å². The Kier molecular flexibility index (Phi) is 2.97. The molecule has 22 heavy (non-hydrogen) atoms. The maximum absolute atomic E-state index is 6.31. The summed E-state index contributed by atoms with van der Waals surface area (Å²) in [6, 6.07) is 8.08. The van der Waals surface area contributed by atoms with Crippen molar-refractivity contribution < 1.29 is 0 Å². The topological polar surface area (TPSA) is 96.3 Å². The lowest BCUT2D eigenvalue weighted by Gasteiger charge is -2.37. The molecule has 2 aliphatic heterocycles. The van der Waals surface area contributed by atoms with Gasteiger partial charge >= 0.3 is 0 Å². The van der Waals surface area contributed by atoms with Crippen molar-refractivity contribution in [2.75, 3.05) is 6.54 Å². The minimum absolute atomic E-state index is 0.582. The highest BCUT2D eigenvalue weighted by Crippen LogP contribution is 2.37. The molecule has 2 aromatic rings. The monoisotopic (exact) mass is 358 g/mol. The number of amidine groups is 1. The van der Waals surface area contributed by atoms with Gasteiger partial charge in [0.1, 0.15) is 11.5 Å². The highest BCUT2D eigenvalue weighted by atomic mass is 79.9. The van der Waals surface area contributed by atoms with E-state index in [0.717, 1.165) is 34.4 Å². The minimum Gasteiger partial charge on any atom is -0.329 e. The van der Waals surface area contributed by atoms with Crippen molar-refractivity contribution >= 4 is 33.7 Å². The Balaban J connectivity index is 1.82. The molecule has 0 unspecified atom stereocenters. The minimum atomic E-state index is -1.13. The van der Waals surface area contributed by atoms with E-state index in [0.29, 0.717) is 11.5 Å². The predicted octanol–water partition coefficient (Wildman–Crippen LogP) is 2.03. The first-order chi connectivity index (χ1) is 10.6. The van der Waals surface area contributed by atoms with Crippen molar-refractivity contribution in [1.29, 1.82) is 0 Å². The Bertz CT molecular complexity index is 804. The first kappa shape index (κ1) is 13.7. The second-order valence-corrected chi connectivity index (χ2v) is 6.31. The number of imidazole rings is 1. The molecule has 1 saturated heterocycles. The van der Waals surface area contributed by atoms with Gasteiger partial charge in [0, 0.05) is 11.0 Å². The average molecular weight is 359 g/mol. The van der Waals surface area contributed by atoms with Crippen molar-refractivity contribution in [2.45, 2.75) is 12.2 Å². The van der Waals surface area contributed by atoms with Crippen molar-refractivity contribution in [2.24, 2.45) is 16.5 Å². The number of H-pyrrole nitrogens is 1. The third-order valence-electron chi connectivity index (χ3n) is 4.05. The number of rotatable bonds is 1. The molecule has 4 rings (SSSR count). The summed E-state index contributed by atoms with van der Waals surface area (Å²) in [5.74, 6) is 0.323. The van der Waals surface area contributed by atoms with E-state index < -0.39 is 5.79 Å². The molecule has 0 bridgehead atoms.